The van der Waals surface area contributed by atoms with E-state index in [4.69, 9.17) is 23.2 Å². The molecule has 1 aliphatic carbocycles. The first-order chi connectivity index (χ1) is 19.4. The smallest absolute Gasteiger partial charge is 0.294 e. The number of carbonyl (C=O) groups is 2. The molecule has 1 fully saturated rings. The van der Waals surface area contributed by atoms with Gasteiger partial charge in [0.05, 0.1) is 32.6 Å². The molecule has 214 valence electrons. The highest BCUT2D eigenvalue weighted by Crippen LogP contribution is 2.36. The second-order valence-electron chi connectivity index (χ2n) is 9.67. The quantitative estimate of drug-likeness (QED) is 0.283. The molecule has 1 aromatic carbocycles. The fraction of sp³-hybridized carbons (Fsp3) is 0.269. The lowest BCUT2D eigenvalue weighted by Crippen LogP contribution is -2.40. The van der Waals surface area contributed by atoms with Crippen molar-refractivity contribution in [1.29, 1.82) is 0 Å². The van der Waals surface area contributed by atoms with Crippen LogP contribution in [0.5, 0.6) is 0 Å². The Hall–Kier alpha value is -3.10. The molecule has 0 spiro atoms. The van der Waals surface area contributed by atoms with Gasteiger partial charge in [-0.1, -0.05) is 23.2 Å². The van der Waals surface area contributed by atoms with Gasteiger partial charge in [0.25, 0.3) is 16.0 Å². The van der Waals surface area contributed by atoms with Crippen molar-refractivity contribution < 1.29 is 22.6 Å². The van der Waals surface area contributed by atoms with Gasteiger partial charge < -0.3 is 10.6 Å². The molecule has 2 amide bonds. The molecule has 2 aliphatic rings. The summed E-state index contributed by atoms with van der Waals surface area (Å²) >= 11 is 16.1. The Morgan fingerprint density at radius 2 is 1.90 bits per heavy atom. The van der Waals surface area contributed by atoms with Crippen molar-refractivity contribution in [3.63, 3.8) is 0 Å². The van der Waals surface area contributed by atoms with Crippen LogP contribution in [0, 0.1) is 5.92 Å². The number of carbonyl (C=O) groups excluding carboxylic acids is 2. The molecular weight excluding hydrogens is 659 g/mol. The number of nitrogens with zero attached hydrogens (tertiary/aromatic N) is 4. The van der Waals surface area contributed by atoms with Gasteiger partial charge in [-0.05, 0) is 78.0 Å². The van der Waals surface area contributed by atoms with E-state index >= 15 is 0 Å². The first-order valence-corrected chi connectivity index (χ1v) is 15.4. The van der Waals surface area contributed by atoms with Gasteiger partial charge >= 0.3 is 0 Å². The Balaban J connectivity index is 1.48. The Bertz CT molecular complexity index is 1680. The molecule has 1 saturated carbocycles. The van der Waals surface area contributed by atoms with E-state index in [1.54, 1.807) is 18.2 Å². The number of aromatic nitrogens is 2. The number of pyridine rings is 2. The minimum absolute atomic E-state index is 0.0217. The van der Waals surface area contributed by atoms with E-state index in [9.17, 15) is 22.6 Å². The van der Waals surface area contributed by atoms with Crippen LogP contribution in [-0.2, 0) is 14.9 Å². The van der Waals surface area contributed by atoms with Crippen LogP contribution in [0.25, 0.3) is 0 Å². The highest BCUT2D eigenvalue weighted by atomic mass is 79.9. The lowest BCUT2D eigenvalue weighted by Gasteiger charge is -2.23. The monoisotopic (exact) mass is 680 g/mol. The number of hydrazone groups is 1. The topological polar surface area (TPSA) is 154 Å². The molecule has 3 N–H and O–H groups in total. The van der Waals surface area contributed by atoms with Gasteiger partial charge in [0.2, 0.25) is 5.91 Å². The van der Waals surface area contributed by atoms with Crippen LogP contribution in [0.3, 0.4) is 0 Å². The molecule has 1 aliphatic heterocycles. The molecule has 2 aromatic heterocycles. The molecule has 0 bridgehead atoms. The Kier molecular flexibility index (Phi) is 8.35. The fourth-order valence-electron chi connectivity index (χ4n) is 4.42. The maximum Gasteiger partial charge on any atom is 0.294 e. The highest BCUT2D eigenvalue weighted by Gasteiger charge is 2.37. The zero-order valence-electron chi connectivity index (χ0n) is 21.4. The van der Waals surface area contributed by atoms with Gasteiger partial charge in [-0.2, -0.15) is 13.5 Å². The molecule has 2 unspecified atom stereocenters. The summed E-state index contributed by atoms with van der Waals surface area (Å²) in [6, 6.07) is 7.49. The van der Waals surface area contributed by atoms with E-state index in [1.807, 2.05) is 6.92 Å². The number of benzene rings is 1. The molecule has 15 heteroatoms. The van der Waals surface area contributed by atoms with Crippen molar-refractivity contribution in [2.24, 2.45) is 11.0 Å². The lowest BCUT2D eigenvalue weighted by molar-refractivity contribution is -0.117. The van der Waals surface area contributed by atoms with Crippen molar-refractivity contribution in [2.45, 2.75) is 43.2 Å². The van der Waals surface area contributed by atoms with Crippen molar-refractivity contribution in [1.82, 2.24) is 15.3 Å². The summed E-state index contributed by atoms with van der Waals surface area (Å²) in [5, 5.41) is 12.1. The summed E-state index contributed by atoms with van der Waals surface area (Å²) in [6.07, 6.45) is 4.77. The predicted octanol–water partition coefficient (Wildman–Crippen LogP) is 4.94. The molecule has 41 heavy (non-hydrogen) atoms. The minimum atomic E-state index is -4.50. The SMILES string of the molecule is CC(NC(=O)c1cc(Cl)cc(Br)c1NC(=O)C1CC(c2cc(S(=O)(=O)O)ccn2)=NN1c1ncccc1Cl)C1CC1. The molecule has 0 radical (unpaired) electrons. The molecular formula is C26H23BrCl2N6O5S. The molecule has 0 saturated heterocycles. The van der Waals surface area contributed by atoms with E-state index in [0.29, 0.717) is 15.4 Å². The van der Waals surface area contributed by atoms with Gasteiger partial charge in [0.1, 0.15) is 6.04 Å². The van der Waals surface area contributed by atoms with Crippen LogP contribution in [0.1, 0.15) is 42.2 Å². The Morgan fingerprint density at radius 1 is 1.15 bits per heavy atom. The Morgan fingerprint density at radius 3 is 2.59 bits per heavy atom. The molecule has 3 aromatic rings. The first-order valence-electron chi connectivity index (χ1n) is 12.4. The van der Waals surface area contributed by atoms with Crippen LogP contribution in [0.4, 0.5) is 11.5 Å². The summed E-state index contributed by atoms with van der Waals surface area (Å²) in [7, 11) is -4.50. The second-order valence-corrected chi connectivity index (χ2v) is 12.8. The zero-order valence-corrected chi connectivity index (χ0v) is 25.3. The number of hydrogen-bond acceptors (Lipinski definition) is 8. The summed E-state index contributed by atoms with van der Waals surface area (Å²) in [5.41, 5.74) is 0.777. The van der Waals surface area contributed by atoms with Gasteiger partial charge in [-0.15, -0.1) is 0 Å². The summed E-state index contributed by atoms with van der Waals surface area (Å²) in [4.78, 5) is 35.1. The number of nitrogens with one attached hydrogen (secondary N) is 2. The maximum absolute atomic E-state index is 13.8. The molecule has 3 heterocycles. The molecule has 2 atom stereocenters. The van der Waals surface area contributed by atoms with Gasteiger partial charge in [0, 0.05) is 34.4 Å². The lowest BCUT2D eigenvalue weighted by atomic mass is 10.1. The summed E-state index contributed by atoms with van der Waals surface area (Å²) in [5.74, 6) is -0.342. The number of anilines is 2. The normalized spacial score (nSPS) is 17.6. The Labute approximate surface area is 254 Å². The second kappa shape index (κ2) is 11.6. The van der Waals surface area contributed by atoms with Crippen LogP contribution >= 0.6 is 39.1 Å². The van der Waals surface area contributed by atoms with E-state index < -0.39 is 22.1 Å². The third-order valence-corrected chi connectivity index (χ3v) is 8.72. The van der Waals surface area contributed by atoms with E-state index in [-0.39, 0.29) is 56.8 Å². The largest absolute Gasteiger partial charge is 0.349 e. The minimum Gasteiger partial charge on any atom is -0.349 e. The van der Waals surface area contributed by atoms with Gasteiger partial charge in [-0.3, -0.25) is 19.1 Å². The third-order valence-electron chi connectivity index (χ3n) is 6.73. The number of rotatable bonds is 8. The number of halogens is 3. The standard InChI is InChI=1S/C26H23BrCl2N6O5S/c1-13(14-4-5-14)32-25(36)17-9-15(28)10-18(27)23(17)33-26(37)22-12-21(20-11-16(6-8-30-20)41(38,39)40)34-35(22)24-19(29)3-2-7-31-24/h2-3,6-11,13-14,22H,4-5,12H2,1H3,(H,32,36)(H,33,37)(H,38,39,40). The average Bonchev–Trinajstić information content (AvgIpc) is 3.68. The van der Waals surface area contributed by atoms with Gasteiger partial charge in [0.15, 0.2) is 5.82 Å². The van der Waals surface area contributed by atoms with E-state index in [1.165, 1.54) is 23.5 Å². The van der Waals surface area contributed by atoms with E-state index in [2.05, 4.69) is 41.6 Å². The van der Waals surface area contributed by atoms with E-state index in [0.717, 1.165) is 25.0 Å². The third kappa shape index (κ3) is 6.54. The van der Waals surface area contributed by atoms with Crippen molar-refractivity contribution in [2.75, 3.05) is 10.3 Å². The maximum atomic E-state index is 13.8. The fourth-order valence-corrected chi connectivity index (χ4v) is 6.04. The zero-order chi connectivity index (χ0) is 29.5. The highest BCUT2D eigenvalue weighted by molar-refractivity contribution is 9.10. The number of amides is 2. The van der Waals surface area contributed by atoms with Crippen LogP contribution in [-0.4, -0.2) is 52.5 Å². The average molecular weight is 682 g/mol. The van der Waals surface area contributed by atoms with Crippen LogP contribution in [0.15, 0.2) is 63.3 Å². The molecule has 11 nitrogen and oxygen atoms in total. The van der Waals surface area contributed by atoms with Crippen molar-refractivity contribution in [3.8, 4) is 0 Å². The van der Waals surface area contributed by atoms with Crippen LogP contribution < -0.4 is 15.6 Å². The summed E-state index contributed by atoms with van der Waals surface area (Å²) < 4.78 is 33.3. The molecule has 5 rings (SSSR count). The number of hydrogen-bond donors (Lipinski definition) is 3. The van der Waals surface area contributed by atoms with Gasteiger partial charge in [-0.25, -0.2) is 9.99 Å². The van der Waals surface area contributed by atoms with Crippen molar-refractivity contribution >= 4 is 78.3 Å². The predicted molar refractivity (Wildman–Crippen MR) is 158 cm³/mol. The van der Waals surface area contributed by atoms with Crippen molar-refractivity contribution in [3.05, 3.63) is 74.6 Å². The summed E-state index contributed by atoms with van der Waals surface area (Å²) in [6.45, 7) is 1.93. The van der Waals surface area contributed by atoms with Crippen LogP contribution in [0.2, 0.25) is 10.0 Å². The first kappa shape index (κ1) is 29.4.